The van der Waals surface area contributed by atoms with Gasteiger partial charge in [-0.25, -0.2) is 0 Å². The van der Waals surface area contributed by atoms with E-state index in [0.29, 0.717) is 0 Å². The molecular weight excluding hydrogens is 240 g/mol. The van der Waals surface area contributed by atoms with Crippen molar-refractivity contribution >= 4 is 8.56 Å². The van der Waals surface area contributed by atoms with Gasteiger partial charge in [0.25, 0.3) is 0 Å². The van der Waals surface area contributed by atoms with Crippen LogP contribution in [0.2, 0.25) is 11.1 Å². The lowest BCUT2D eigenvalue weighted by Crippen LogP contribution is -2.50. The van der Waals surface area contributed by atoms with Gasteiger partial charge in [0.2, 0.25) is 0 Å². The van der Waals surface area contributed by atoms with Gasteiger partial charge in [-0.15, -0.1) is 0 Å². The van der Waals surface area contributed by atoms with Crippen molar-refractivity contribution in [2.75, 3.05) is 13.2 Å². The van der Waals surface area contributed by atoms with Crippen molar-refractivity contribution in [3.8, 4) is 0 Å². The summed E-state index contributed by atoms with van der Waals surface area (Å²) in [4.78, 5) is 0. The van der Waals surface area contributed by atoms with E-state index in [1.807, 2.05) is 0 Å². The summed E-state index contributed by atoms with van der Waals surface area (Å²) in [6.45, 7) is 14.8. The Bertz CT molecular complexity index is 193. The fourth-order valence-electron chi connectivity index (χ4n) is 2.42. The first-order chi connectivity index (χ1) is 8.43. The van der Waals surface area contributed by atoms with E-state index in [-0.39, 0.29) is 5.04 Å². The lowest BCUT2D eigenvalue weighted by atomic mass is 10.2. The zero-order chi connectivity index (χ0) is 14.1. The molecule has 0 aromatic carbocycles. The Morgan fingerprint density at radius 2 is 1.28 bits per heavy atom. The summed E-state index contributed by atoms with van der Waals surface area (Å²) >= 11 is 0. The minimum absolute atomic E-state index is 0.157. The maximum atomic E-state index is 6.16. The maximum absolute atomic E-state index is 6.16. The molecule has 0 unspecified atom stereocenters. The van der Waals surface area contributed by atoms with E-state index in [1.54, 1.807) is 0 Å². The highest BCUT2D eigenvalue weighted by Crippen LogP contribution is 2.41. The lowest BCUT2D eigenvalue weighted by Gasteiger charge is -2.40. The number of hydrogen-bond acceptors (Lipinski definition) is 2. The molecule has 0 saturated carbocycles. The Labute approximate surface area is 116 Å². The zero-order valence-electron chi connectivity index (χ0n) is 13.5. The van der Waals surface area contributed by atoms with Crippen molar-refractivity contribution in [2.24, 2.45) is 0 Å². The Hall–Kier alpha value is 0.137. The summed E-state index contributed by atoms with van der Waals surface area (Å²) < 4.78 is 12.3. The molecule has 0 heterocycles. The van der Waals surface area contributed by atoms with E-state index in [0.717, 1.165) is 19.3 Å². The third kappa shape index (κ3) is 5.85. The van der Waals surface area contributed by atoms with Gasteiger partial charge in [0, 0.05) is 18.3 Å². The number of rotatable bonds is 10. The average Bonchev–Trinajstić information content (AvgIpc) is 2.27. The third-order valence-electron chi connectivity index (χ3n) is 3.51. The molecule has 0 aliphatic carbocycles. The van der Waals surface area contributed by atoms with E-state index in [9.17, 15) is 0 Å². The SMILES string of the molecule is CCCCCCC[Si](OCC)(OCC)C(C)(C)C. The van der Waals surface area contributed by atoms with Crippen molar-refractivity contribution in [3.05, 3.63) is 0 Å². The van der Waals surface area contributed by atoms with E-state index in [4.69, 9.17) is 8.85 Å². The molecule has 0 fully saturated rings. The Kier molecular flexibility index (Phi) is 9.18. The third-order valence-corrected chi connectivity index (χ3v) is 8.31. The van der Waals surface area contributed by atoms with Crippen LogP contribution in [0.5, 0.6) is 0 Å². The van der Waals surface area contributed by atoms with Crippen molar-refractivity contribution < 1.29 is 8.85 Å². The minimum atomic E-state index is -2.06. The van der Waals surface area contributed by atoms with Crippen LogP contribution in [-0.4, -0.2) is 21.8 Å². The van der Waals surface area contributed by atoms with Gasteiger partial charge < -0.3 is 8.85 Å². The summed E-state index contributed by atoms with van der Waals surface area (Å²) in [5, 5.41) is 0.157. The quantitative estimate of drug-likeness (QED) is 0.399. The molecule has 18 heavy (non-hydrogen) atoms. The van der Waals surface area contributed by atoms with Crippen molar-refractivity contribution in [1.82, 2.24) is 0 Å². The minimum Gasteiger partial charge on any atom is -0.394 e. The molecule has 0 atom stereocenters. The van der Waals surface area contributed by atoms with Crippen LogP contribution >= 0.6 is 0 Å². The molecule has 0 aliphatic rings. The molecule has 0 bridgehead atoms. The molecule has 0 spiro atoms. The van der Waals surface area contributed by atoms with Crippen molar-refractivity contribution in [2.45, 2.75) is 84.7 Å². The van der Waals surface area contributed by atoms with Crippen LogP contribution in [0, 0.1) is 0 Å². The topological polar surface area (TPSA) is 18.5 Å². The van der Waals surface area contributed by atoms with Gasteiger partial charge in [0.1, 0.15) is 0 Å². The summed E-state index contributed by atoms with van der Waals surface area (Å²) in [5.41, 5.74) is 0. The largest absolute Gasteiger partial charge is 0.394 e. The predicted octanol–water partition coefficient (Wildman–Crippen LogP) is 5.27. The molecule has 0 radical (unpaired) electrons. The molecule has 2 nitrogen and oxygen atoms in total. The molecule has 110 valence electrons. The molecule has 0 N–H and O–H groups in total. The van der Waals surface area contributed by atoms with Crippen LogP contribution in [0.15, 0.2) is 0 Å². The highest BCUT2D eigenvalue weighted by atomic mass is 28.4. The van der Waals surface area contributed by atoms with Gasteiger partial charge in [-0.3, -0.25) is 0 Å². The van der Waals surface area contributed by atoms with Crippen molar-refractivity contribution in [3.63, 3.8) is 0 Å². The fraction of sp³-hybridized carbons (Fsp3) is 1.00. The summed E-state index contributed by atoms with van der Waals surface area (Å²) in [6, 6.07) is 1.14. The highest BCUT2D eigenvalue weighted by Gasteiger charge is 2.48. The summed E-state index contributed by atoms with van der Waals surface area (Å²) in [5.74, 6) is 0. The summed E-state index contributed by atoms with van der Waals surface area (Å²) in [6.07, 6.45) is 6.58. The highest BCUT2D eigenvalue weighted by molar-refractivity contribution is 6.70. The van der Waals surface area contributed by atoms with Gasteiger partial charge in [0.05, 0.1) is 0 Å². The molecule has 0 aliphatic heterocycles. The van der Waals surface area contributed by atoms with Gasteiger partial charge in [-0.1, -0.05) is 59.8 Å². The molecule has 3 heteroatoms. The van der Waals surface area contributed by atoms with Gasteiger partial charge >= 0.3 is 8.56 Å². The zero-order valence-corrected chi connectivity index (χ0v) is 14.5. The predicted molar refractivity (Wildman–Crippen MR) is 82.3 cm³/mol. The molecule has 0 saturated heterocycles. The number of hydrogen-bond donors (Lipinski definition) is 0. The standard InChI is InChI=1S/C15H34O2Si/c1-7-10-11-12-13-14-18(16-8-2,17-9-3)15(4,5)6/h7-14H2,1-6H3. The van der Waals surface area contributed by atoms with E-state index in [1.165, 1.54) is 32.1 Å². The first-order valence-electron chi connectivity index (χ1n) is 7.71. The normalized spacial score (nSPS) is 13.0. The lowest BCUT2D eigenvalue weighted by molar-refractivity contribution is 0.159. The van der Waals surface area contributed by atoms with Gasteiger partial charge in [0.15, 0.2) is 0 Å². The first-order valence-corrected chi connectivity index (χ1v) is 9.73. The molecule has 0 aromatic rings. The van der Waals surface area contributed by atoms with Gasteiger partial charge in [-0.05, 0) is 19.9 Å². The van der Waals surface area contributed by atoms with Gasteiger partial charge in [-0.2, -0.15) is 0 Å². The monoisotopic (exact) mass is 274 g/mol. The van der Waals surface area contributed by atoms with Crippen LogP contribution in [0.25, 0.3) is 0 Å². The van der Waals surface area contributed by atoms with Crippen molar-refractivity contribution in [1.29, 1.82) is 0 Å². The van der Waals surface area contributed by atoms with E-state index < -0.39 is 8.56 Å². The van der Waals surface area contributed by atoms with Crippen LogP contribution < -0.4 is 0 Å². The second kappa shape index (κ2) is 9.11. The summed E-state index contributed by atoms with van der Waals surface area (Å²) in [7, 11) is -2.06. The van der Waals surface area contributed by atoms with Crippen LogP contribution in [0.4, 0.5) is 0 Å². The Balaban J connectivity index is 4.44. The smallest absolute Gasteiger partial charge is 0.343 e. The molecule has 0 rings (SSSR count). The first kappa shape index (κ1) is 18.1. The van der Waals surface area contributed by atoms with Crippen LogP contribution in [0.1, 0.15) is 73.6 Å². The molecule has 0 aromatic heterocycles. The van der Waals surface area contributed by atoms with Crippen LogP contribution in [-0.2, 0) is 8.85 Å². The average molecular weight is 275 g/mol. The van der Waals surface area contributed by atoms with E-state index >= 15 is 0 Å². The fourth-order valence-corrected chi connectivity index (χ4v) is 6.06. The second-order valence-corrected chi connectivity index (χ2v) is 10.1. The molecule has 0 amide bonds. The van der Waals surface area contributed by atoms with E-state index in [2.05, 4.69) is 41.5 Å². The maximum Gasteiger partial charge on any atom is 0.343 e. The Morgan fingerprint density at radius 1 is 0.778 bits per heavy atom. The molecular formula is C15H34O2Si. The second-order valence-electron chi connectivity index (χ2n) is 6.03. The number of unbranched alkanes of at least 4 members (excludes halogenated alkanes) is 4. The Morgan fingerprint density at radius 3 is 1.67 bits per heavy atom. The van der Waals surface area contributed by atoms with Crippen LogP contribution in [0.3, 0.4) is 0 Å².